The largest absolute Gasteiger partial charge is 0.481 e. The lowest BCUT2D eigenvalue weighted by Crippen LogP contribution is -2.56. The third-order valence-electron chi connectivity index (χ3n) is 8.64. The molecule has 0 bridgehead atoms. The van der Waals surface area contributed by atoms with Crippen LogP contribution in [-0.2, 0) is 16.6 Å². The molecule has 5 rings (SSSR count). The van der Waals surface area contributed by atoms with Crippen LogP contribution in [0, 0.1) is 13.8 Å². The molecule has 2 saturated heterocycles. The summed E-state index contributed by atoms with van der Waals surface area (Å²) in [7, 11) is 0. The first-order valence-electron chi connectivity index (χ1n) is 13.8. The lowest BCUT2D eigenvalue weighted by atomic mass is 9.72. The van der Waals surface area contributed by atoms with E-state index in [0.29, 0.717) is 25.4 Å². The minimum Gasteiger partial charge on any atom is -0.481 e. The van der Waals surface area contributed by atoms with Crippen molar-refractivity contribution in [2.24, 2.45) is 0 Å². The number of aliphatic carboxylic acids is 1. The number of aryl methyl sites for hydroxylation is 2. The minimum absolute atomic E-state index is 0.102. The standard InChI is InChI=1S/C33H38N2O3/c1-24-19-25(2)21-27(20-24)31(36)35-16-13-29(23-30(35)22-26-9-5-3-6-10-26)34-17-14-33(15-18-34,32(37)38)28-11-7-4-8-12-28/h3-12,19-21,29-30H,13-18,22-23H2,1-2H3,(H,37,38)/t29-,30-/m0/s1. The van der Waals surface area contributed by atoms with E-state index in [1.807, 2.05) is 62.4 Å². The van der Waals surface area contributed by atoms with E-state index in [1.54, 1.807) is 0 Å². The van der Waals surface area contributed by atoms with E-state index in [0.717, 1.165) is 54.6 Å². The molecule has 2 atom stereocenters. The quantitative estimate of drug-likeness (QED) is 0.466. The first-order valence-corrected chi connectivity index (χ1v) is 13.8. The zero-order chi connectivity index (χ0) is 26.7. The average molecular weight is 511 g/mol. The van der Waals surface area contributed by atoms with Gasteiger partial charge in [0.2, 0.25) is 0 Å². The maximum Gasteiger partial charge on any atom is 0.314 e. The van der Waals surface area contributed by atoms with Gasteiger partial charge in [-0.05, 0) is 82.3 Å². The van der Waals surface area contributed by atoms with Crippen molar-refractivity contribution in [2.45, 2.75) is 63.5 Å². The van der Waals surface area contributed by atoms with Crippen LogP contribution in [0.15, 0.2) is 78.9 Å². The van der Waals surface area contributed by atoms with Crippen molar-refractivity contribution in [3.05, 3.63) is 107 Å². The highest BCUT2D eigenvalue weighted by Crippen LogP contribution is 2.38. The molecular weight excluding hydrogens is 472 g/mol. The smallest absolute Gasteiger partial charge is 0.314 e. The monoisotopic (exact) mass is 510 g/mol. The molecule has 0 aliphatic carbocycles. The molecule has 2 fully saturated rings. The molecule has 1 amide bonds. The van der Waals surface area contributed by atoms with Crippen LogP contribution in [0.1, 0.15) is 58.3 Å². The van der Waals surface area contributed by atoms with E-state index < -0.39 is 11.4 Å². The van der Waals surface area contributed by atoms with Crippen LogP contribution in [0.4, 0.5) is 0 Å². The number of carboxylic acid groups (broad SMARTS) is 1. The SMILES string of the molecule is Cc1cc(C)cc(C(=O)N2CC[C@H](N3CCC(C(=O)O)(c4ccccc4)CC3)C[C@@H]2Cc2ccccc2)c1. The van der Waals surface area contributed by atoms with E-state index in [-0.39, 0.29) is 11.9 Å². The number of amides is 1. The molecule has 0 aromatic heterocycles. The average Bonchev–Trinajstić information content (AvgIpc) is 2.93. The van der Waals surface area contributed by atoms with Crippen molar-refractivity contribution in [3.63, 3.8) is 0 Å². The fraction of sp³-hybridized carbons (Fsp3) is 0.394. The summed E-state index contributed by atoms with van der Waals surface area (Å²) in [6, 6.07) is 26.7. The zero-order valence-corrected chi connectivity index (χ0v) is 22.5. The second kappa shape index (κ2) is 11.1. The van der Waals surface area contributed by atoms with E-state index >= 15 is 0 Å². The Labute approximate surface area is 226 Å². The van der Waals surface area contributed by atoms with E-state index in [2.05, 4.69) is 40.1 Å². The summed E-state index contributed by atoms with van der Waals surface area (Å²) >= 11 is 0. The van der Waals surface area contributed by atoms with Gasteiger partial charge in [0.25, 0.3) is 5.91 Å². The number of carbonyl (C=O) groups is 2. The Balaban J connectivity index is 1.34. The predicted octanol–water partition coefficient (Wildman–Crippen LogP) is 5.64. The Hall–Kier alpha value is -3.44. The van der Waals surface area contributed by atoms with Crippen LogP contribution < -0.4 is 0 Å². The highest BCUT2D eigenvalue weighted by atomic mass is 16.4. The maximum atomic E-state index is 13.8. The van der Waals surface area contributed by atoms with Gasteiger partial charge in [0.15, 0.2) is 0 Å². The van der Waals surface area contributed by atoms with Crippen molar-refractivity contribution < 1.29 is 14.7 Å². The summed E-state index contributed by atoms with van der Waals surface area (Å²) in [4.78, 5) is 30.8. The molecule has 2 heterocycles. The van der Waals surface area contributed by atoms with Gasteiger partial charge in [0.1, 0.15) is 0 Å². The lowest BCUT2D eigenvalue weighted by Gasteiger charge is -2.47. The summed E-state index contributed by atoms with van der Waals surface area (Å²) in [5.74, 6) is -0.608. The van der Waals surface area contributed by atoms with Gasteiger partial charge in [-0.25, -0.2) is 0 Å². The molecule has 0 unspecified atom stereocenters. The molecule has 2 aliphatic rings. The summed E-state index contributed by atoms with van der Waals surface area (Å²) in [6.45, 7) is 6.32. The highest BCUT2D eigenvalue weighted by Gasteiger charge is 2.45. The molecule has 2 aliphatic heterocycles. The number of benzene rings is 3. The second-order valence-corrected chi connectivity index (χ2v) is 11.2. The molecule has 5 nitrogen and oxygen atoms in total. The number of carbonyl (C=O) groups excluding carboxylic acids is 1. The fourth-order valence-corrected chi connectivity index (χ4v) is 6.63. The van der Waals surface area contributed by atoms with E-state index in [9.17, 15) is 14.7 Å². The van der Waals surface area contributed by atoms with Crippen LogP contribution >= 0.6 is 0 Å². The Morgan fingerprint density at radius 3 is 2.08 bits per heavy atom. The third kappa shape index (κ3) is 5.39. The van der Waals surface area contributed by atoms with Gasteiger partial charge in [0.05, 0.1) is 5.41 Å². The Morgan fingerprint density at radius 1 is 0.868 bits per heavy atom. The van der Waals surface area contributed by atoms with Crippen molar-refractivity contribution in [1.82, 2.24) is 9.80 Å². The number of carboxylic acids is 1. The van der Waals surface area contributed by atoms with Crippen LogP contribution in [0.25, 0.3) is 0 Å². The summed E-state index contributed by atoms with van der Waals surface area (Å²) in [5, 5.41) is 10.2. The first-order chi connectivity index (χ1) is 18.4. The van der Waals surface area contributed by atoms with Crippen LogP contribution in [0.5, 0.6) is 0 Å². The second-order valence-electron chi connectivity index (χ2n) is 11.2. The molecule has 5 heteroatoms. The Bertz CT molecular complexity index is 1250. The molecule has 198 valence electrons. The van der Waals surface area contributed by atoms with Gasteiger partial charge >= 0.3 is 5.97 Å². The van der Waals surface area contributed by atoms with Gasteiger partial charge < -0.3 is 14.9 Å². The fourth-order valence-electron chi connectivity index (χ4n) is 6.63. The van der Waals surface area contributed by atoms with Crippen LogP contribution in [0.3, 0.4) is 0 Å². The van der Waals surface area contributed by atoms with Gasteiger partial charge in [0, 0.05) is 24.2 Å². The van der Waals surface area contributed by atoms with Crippen molar-refractivity contribution >= 4 is 11.9 Å². The highest BCUT2D eigenvalue weighted by molar-refractivity contribution is 5.95. The topological polar surface area (TPSA) is 60.9 Å². The first kappa shape index (κ1) is 26.2. The van der Waals surface area contributed by atoms with Gasteiger partial charge in [-0.15, -0.1) is 0 Å². The number of hydrogen-bond donors (Lipinski definition) is 1. The number of hydrogen-bond acceptors (Lipinski definition) is 3. The van der Waals surface area contributed by atoms with Crippen molar-refractivity contribution in [3.8, 4) is 0 Å². The zero-order valence-electron chi connectivity index (χ0n) is 22.5. The number of likely N-dealkylation sites (tertiary alicyclic amines) is 2. The molecular formula is C33H38N2O3. The lowest BCUT2D eigenvalue weighted by molar-refractivity contribution is -0.146. The molecule has 38 heavy (non-hydrogen) atoms. The van der Waals surface area contributed by atoms with E-state index in [4.69, 9.17) is 0 Å². The predicted molar refractivity (Wildman–Crippen MR) is 150 cm³/mol. The van der Waals surface area contributed by atoms with Crippen LogP contribution in [0.2, 0.25) is 0 Å². The van der Waals surface area contributed by atoms with Crippen LogP contribution in [-0.4, -0.2) is 58.5 Å². The van der Waals surface area contributed by atoms with Gasteiger partial charge in [-0.1, -0.05) is 77.9 Å². The summed E-state index contributed by atoms with van der Waals surface area (Å²) in [5.41, 5.74) is 4.31. The normalized spacial score (nSPS) is 21.7. The number of nitrogens with zero attached hydrogens (tertiary/aromatic N) is 2. The third-order valence-corrected chi connectivity index (χ3v) is 8.64. The molecule has 0 saturated carbocycles. The van der Waals surface area contributed by atoms with E-state index in [1.165, 1.54) is 5.56 Å². The molecule has 1 N–H and O–H groups in total. The molecule has 0 radical (unpaired) electrons. The Morgan fingerprint density at radius 2 is 1.47 bits per heavy atom. The molecule has 3 aromatic rings. The number of piperidine rings is 2. The molecule has 0 spiro atoms. The summed E-state index contributed by atoms with van der Waals surface area (Å²) < 4.78 is 0. The maximum absolute atomic E-state index is 13.8. The van der Waals surface area contributed by atoms with Gasteiger partial charge in [-0.3, -0.25) is 9.59 Å². The minimum atomic E-state index is -0.819. The number of rotatable bonds is 6. The summed E-state index contributed by atoms with van der Waals surface area (Å²) in [6.07, 6.45) is 3.85. The van der Waals surface area contributed by atoms with Crippen molar-refractivity contribution in [1.29, 1.82) is 0 Å². The van der Waals surface area contributed by atoms with Gasteiger partial charge in [-0.2, -0.15) is 0 Å². The Kier molecular flexibility index (Phi) is 7.66. The molecule has 3 aromatic carbocycles. The van der Waals surface area contributed by atoms with Crippen molar-refractivity contribution in [2.75, 3.05) is 19.6 Å².